The Hall–Kier alpha value is -3.34. The predicted octanol–water partition coefficient (Wildman–Crippen LogP) is 4.01. The van der Waals surface area contributed by atoms with E-state index in [0.717, 1.165) is 17.7 Å². The van der Waals surface area contributed by atoms with Crippen molar-refractivity contribution < 1.29 is 4.79 Å². The van der Waals surface area contributed by atoms with E-state index < -0.39 is 0 Å². The minimum atomic E-state index is 0.121. The number of fused-ring (bicyclic) bond motifs is 3. The zero-order valence-corrected chi connectivity index (χ0v) is 15.0. The smallest absolute Gasteiger partial charge is 0.252 e. The summed E-state index contributed by atoms with van der Waals surface area (Å²) >= 11 is 0. The summed E-state index contributed by atoms with van der Waals surface area (Å²) in [7, 11) is 0. The van der Waals surface area contributed by atoms with Gasteiger partial charge in [0.15, 0.2) is 11.6 Å². The Kier molecular flexibility index (Phi) is 3.60. The Morgan fingerprint density at radius 2 is 1.78 bits per heavy atom. The largest absolute Gasteiger partial charge is 0.294 e. The molecule has 2 aromatic carbocycles. The molecule has 0 aliphatic heterocycles. The first-order valence-corrected chi connectivity index (χ1v) is 9.09. The topological polar surface area (TPSA) is 60.2 Å². The number of hydrogen-bond acceptors (Lipinski definition) is 4. The van der Waals surface area contributed by atoms with Crippen molar-refractivity contribution in [3.8, 4) is 11.4 Å². The van der Waals surface area contributed by atoms with Gasteiger partial charge in [-0.3, -0.25) is 4.79 Å². The molecule has 5 rings (SSSR count). The summed E-state index contributed by atoms with van der Waals surface area (Å²) in [4.78, 5) is 21.7. The predicted molar refractivity (Wildman–Crippen MR) is 103 cm³/mol. The highest BCUT2D eigenvalue weighted by Gasteiger charge is 2.30. The SMILES string of the molecule is Cc1ccccc1C1CC(=O)c2cnc3nc(-c4ccccc4)nn3c2C1. The lowest BCUT2D eigenvalue weighted by Gasteiger charge is -2.25. The molecule has 0 radical (unpaired) electrons. The Morgan fingerprint density at radius 1 is 1.00 bits per heavy atom. The van der Waals surface area contributed by atoms with E-state index in [0.29, 0.717) is 23.6 Å². The Bertz CT molecular complexity index is 1160. The molecule has 1 aliphatic carbocycles. The molecule has 0 fully saturated rings. The maximum Gasteiger partial charge on any atom is 0.252 e. The van der Waals surface area contributed by atoms with Crippen LogP contribution in [0.2, 0.25) is 0 Å². The molecule has 132 valence electrons. The molecule has 1 aliphatic rings. The first-order valence-electron chi connectivity index (χ1n) is 9.09. The van der Waals surface area contributed by atoms with E-state index >= 15 is 0 Å². The van der Waals surface area contributed by atoms with Gasteiger partial charge in [0, 0.05) is 18.2 Å². The molecule has 0 bridgehead atoms. The van der Waals surface area contributed by atoms with Crippen LogP contribution in [0.3, 0.4) is 0 Å². The number of aromatic nitrogens is 4. The van der Waals surface area contributed by atoms with Gasteiger partial charge in [-0.1, -0.05) is 54.6 Å². The fourth-order valence-electron chi connectivity index (χ4n) is 3.92. The molecule has 0 spiro atoms. The van der Waals surface area contributed by atoms with Gasteiger partial charge in [-0.15, -0.1) is 5.10 Å². The van der Waals surface area contributed by atoms with Crippen LogP contribution in [0.4, 0.5) is 0 Å². The molecule has 0 amide bonds. The first kappa shape index (κ1) is 15.9. The molecule has 0 N–H and O–H groups in total. The van der Waals surface area contributed by atoms with Crippen molar-refractivity contribution in [2.45, 2.75) is 25.7 Å². The number of benzene rings is 2. The lowest BCUT2D eigenvalue weighted by Crippen LogP contribution is -2.23. The van der Waals surface area contributed by atoms with Gasteiger partial charge in [0.1, 0.15) is 0 Å². The molecule has 2 aromatic heterocycles. The third-order valence-electron chi connectivity index (χ3n) is 5.30. The molecule has 5 heteroatoms. The normalized spacial score (nSPS) is 16.5. The zero-order valence-electron chi connectivity index (χ0n) is 15.0. The highest BCUT2D eigenvalue weighted by Crippen LogP contribution is 2.34. The van der Waals surface area contributed by atoms with Crippen molar-refractivity contribution in [2.24, 2.45) is 0 Å². The van der Waals surface area contributed by atoms with E-state index in [1.54, 1.807) is 10.7 Å². The highest BCUT2D eigenvalue weighted by molar-refractivity contribution is 5.98. The number of ketones is 1. The lowest BCUT2D eigenvalue weighted by atomic mass is 9.80. The molecule has 4 aromatic rings. The van der Waals surface area contributed by atoms with Crippen LogP contribution in [0.5, 0.6) is 0 Å². The zero-order chi connectivity index (χ0) is 18.4. The summed E-state index contributed by atoms with van der Waals surface area (Å²) < 4.78 is 1.75. The van der Waals surface area contributed by atoms with Crippen LogP contribution in [0, 0.1) is 6.92 Å². The number of carbonyl (C=O) groups is 1. The second kappa shape index (κ2) is 6.13. The Balaban J connectivity index is 1.64. The number of Topliss-reactive ketones (excluding diaryl/α,β-unsaturated/α-hetero) is 1. The number of rotatable bonds is 2. The van der Waals surface area contributed by atoms with Crippen molar-refractivity contribution in [3.63, 3.8) is 0 Å². The third-order valence-corrected chi connectivity index (χ3v) is 5.30. The fraction of sp³-hybridized carbons (Fsp3) is 0.182. The molecule has 5 nitrogen and oxygen atoms in total. The van der Waals surface area contributed by atoms with Gasteiger partial charge in [0.25, 0.3) is 5.78 Å². The van der Waals surface area contributed by atoms with Crippen LogP contribution in [0.1, 0.15) is 39.5 Å². The maximum absolute atomic E-state index is 12.8. The summed E-state index contributed by atoms with van der Waals surface area (Å²) in [5.41, 5.74) is 4.95. The van der Waals surface area contributed by atoms with Crippen molar-refractivity contribution >= 4 is 11.6 Å². The monoisotopic (exact) mass is 354 g/mol. The van der Waals surface area contributed by atoms with Crippen LogP contribution in [-0.2, 0) is 6.42 Å². The Labute approximate surface area is 156 Å². The quantitative estimate of drug-likeness (QED) is 0.546. The number of nitrogens with zero attached hydrogens (tertiary/aromatic N) is 4. The van der Waals surface area contributed by atoms with E-state index in [2.05, 4.69) is 34.1 Å². The molecular formula is C22H18N4O. The summed E-state index contributed by atoms with van der Waals surface area (Å²) in [6.45, 7) is 2.10. The molecule has 27 heavy (non-hydrogen) atoms. The van der Waals surface area contributed by atoms with Gasteiger partial charge in [0.05, 0.1) is 11.3 Å². The van der Waals surface area contributed by atoms with E-state index in [4.69, 9.17) is 0 Å². The second-order valence-corrected chi connectivity index (χ2v) is 7.02. The van der Waals surface area contributed by atoms with Gasteiger partial charge < -0.3 is 0 Å². The van der Waals surface area contributed by atoms with Crippen molar-refractivity contribution in [3.05, 3.63) is 83.2 Å². The molecule has 1 atom stereocenters. The molecule has 1 unspecified atom stereocenters. The van der Waals surface area contributed by atoms with E-state index in [9.17, 15) is 4.79 Å². The van der Waals surface area contributed by atoms with Crippen LogP contribution in [-0.4, -0.2) is 25.4 Å². The van der Waals surface area contributed by atoms with Gasteiger partial charge in [0.2, 0.25) is 0 Å². The van der Waals surface area contributed by atoms with Gasteiger partial charge in [-0.05, 0) is 30.4 Å². The van der Waals surface area contributed by atoms with E-state index in [-0.39, 0.29) is 11.7 Å². The summed E-state index contributed by atoms with van der Waals surface area (Å²) in [5, 5.41) is 4.67. The van der Waals surface area contributed by atoms with Gasteiger partial charge in [-0.25, -0.2) is 4.98 Å². The summed E-state index contributed by atoms with van der Waals surface area (Å²) in [6.07, 6.45) is 2.92. The van der Waals surface area contributed by atoms with Gasteiger partial charge in [-0.2, -0.15) is 9.50 Å². The van der Waals surface area contributed by atoms with E-state index in [1.807, 2.05) is 42.5 Å². The van der Waals surface area contributed by atoms with Crippen LogP contribution >= 0.6 is 0 Å². The van der Waals surface area contributed by atoms with Crippen molar-refractivity contribution in [1.29, 1.82) is 0 Å². The van der Waals surface area contributed by atoms with Crippen LogP contribution < -0.4 is 0 Å². The van der Waals surface area contributed by atoms with E-state index in [1.165, 1.54) is 11.1 Å². The first-order chi connectivity index (χ1) is 13.2. The lowest BCUT2D eigenvalue weighted by molar-refractivity contribution is 0.0962. The second-order valence-electron chi connectivity index (χ2n) is 7.02. The average Bonchev–Trinajstić information content (AvgIpc) is 3.14. The van der Waals surface area contributed by atoms with Crippen molar-refractivity contribution in [2.75, 3.05) is 0 Å². The molecule has 0 saturated heterocycles. The summed E-state index contributed by atoms with van der Waals surface area (Å²) in [5.74, 6) is 1.43. The van der Waals surface area contributed by atoms with Crippen molar-refractivity contribution in [1.82, 2.24) is 19.6 Å². The van der Waals surface area contributed by atoms with Crippen LogP contribution in [0.15, 0.2) is 60.8 Å². The number of carbonyl (C=O) groups excluding carboxylic acids is 1. The molecule has 2 heterocycles. The number of aryl methyl sites for hydroxylation is 1. The minimum Gasteiger partial charge on any atom is -0.294 e. The minimum absolute atomic E-state index is 0.121. The summed E-state index contributed by atoms with van der Waals surface area (Å²) in [6, 6.07) is 18.1. The molecule has 0 saturated carbocycles. The maximum atomic E-state index is 12.8. The van der Waals surface area contributed by atoms with Crippen LogP contribution in [0.25, 0.3) is 17.2 Å². The average molecular weight is 354 g/mol. The third kappa shape index (κ3) is 2.63. The van der Waals surface area contributed by atoms with Gasteiger partial charge >= 0.3 is 0 Å². The highest BCUT2D eigenvalue weighted by atomic mass is 16.1. The number of hydrogen-bond donors (Lipinski definition) is 0. The fourth-order valence-corrected chi connectivity index (χ4v) is 3.92. The Morgan fingerprint density at radius 3 is 2.59 bits per heavy atom. The molecular weight excluding hydrogens is 336 g/mol. The standard InChI is InChI=1S/C22H18N4O/c1-14-7-5-6-10-17(14)16-11-19-18(20(27)12-16)13-23-22-24-21(25-26(19)22)15-8-3-2-4-9-15/h2-10,13,16H,11-12H2,1H3.